The topological polar surface area (TPSA) is 44.1 Å². The molecule has 3 aromatic rings. The highest BCUT2D eigenvalue weighted by atomic mass is 19.3. The molecule has 0 saturated carbocycles. The third-order valence-electron chi connectivity index (χ3n) is 3.80. The molecule has 0 atom stereocenters. The highest BCUT2D eigenvalue weighted by molar-refractivity contribution is 5.81. The Morgan fingerprint density at radius 2 is 1.92 bits per heavy atom. The molecule has 4 nitrogen and oxygen atoms in total. The van der Waals surface area contributed by atoms with E-state index >= 15 is 0 Å². The molecule has 0 aliphatic carbocycles. The van der Waals surface area contributed by atoms with Crippen LogP contribution < -0.4 is 4.74 Å². The molecule has 6 heteroatoms. The van der Waals surface area contributed by atoms with E-state index in [1.54, 1.807) is 16.9 Å². The smallest absolute Gasteiger partial charge is 0.387 e. The Bertz CT molecular complexity index is 848. The number of carbonyl (C=O) groups excluding carboxylic acids is 1. The van der Waals surface area contributed by atoms with Crippen molar-refractivity contribution in [2.75, 3.05) is 0 Å². The van der Waals surface area contributed by atoms with Crippen molar-refractivity contribution in [2.24, 2.45) is 0 Å². The zero-order valence-corrected chi connectivity index (χ0v) is 13.3. The van der Waals surface area contributed by atoms with E-state index in [1.807, 2.05) is 24.4 Å². The first-order valence-electron chi connectivity index (χ1n) is 7.76. The van der Waals surface area contributed by atoms with Gasteiger partial charge in [-0.3, -0.25) is 9.48 Å². The van der Waals surface area contributed by atoms with Crippen LogP contribution in [0.3, 0.4) is 0 Å². The molecule has 0 saturated heterocycles. The molecule has 0 unspecified atom stereocenters. The Balaban J connectivity index is 1.76. The molecule has 0 spiro atoms. The van der Waals surface area contributed by atoms with E-state index in [2.05, 4.69) is 22.0 Å². The zero-order chi connectivity index (χ0) is 17.6. The minimum atomic E-state index is -2.98. The summed E-state index contributed by atoms with van der Waals surface area (Å²) in [7, 11) is 0. The first-order chi connectivity index (χ1) is 12.2. The van der Waals surface area contributed by atoms with Gasteiger partial charge < -0.3 is 4.74 Å². The van der Waals surface area contributed by atoms with Gasteiger partial charge in [0.2, 0.25) is 0 Å². The number of aryl methyl sites for hydroxylation is 2. The molecule has 0 N–H and O–H groups in total. The third kappa shape index (κ3) is 4.29. The van der Waals surface area contributed by atoms with Crippen LogP contribution in [-0.2, 0) is 13.0 Å². The van der Waals surface area contributed by atoms with Crippen molar-refractivity contribution in [3.63, 3.8) is 0 Å². The van der Waals surface area contributed by atoms with Crippen molar-refractivity contribution in [3.8, 4) is 16.9 Å². The SMILES string of the molecule is O=Cc1ccc(-c2cnn(CCc3ccccc3)c2)cc1OC(F)F. The molecular weight excluding hydrogens is 326 g/mol. The fraction of sp³-hybridized carbons (Fsp3) is 0.158. The summed E-state index contributed by atoms with van der Waals surface area (Å²) in [4.78, 5) is 10.9. The summed E-state index contributed by atoms with van der Waals surface area (Å²) in [6, 6.07) is 14.6. The first-order valence-corrected chi connectivity index (χ1v) is 7.76. The molecule has 0 radical (unpaired) electrons. The number of rotatable bonds is 7. The average molecular weight is 342 g/mol. The normalized spacial score (nSPS) is 10.8. The summed E-state index contributed by atoms with van der Waals surface area (Å²) in [5.74, 6) is -0.139. The summed E-state index contributed by atoms with van der Waals surface area (Å²) in [6.07, 6.45) is 4.83. The molecular formula is C19H16F2N2O2. The number of halogens is 2. The maximum atomic E-state index is 12.5. The molecule has 2 aromatic carbocycles. The van der Waals surface area contributed by atoms with Crippen LogP contribution in [-0.4, -0.2) is 22.7 Å². The highest BCUT2D eigenvalue weighted by Crippen LogP contribution is 2.27. The molecule has 0 aliphatic rings. The summed E-state index contributed by atoms with van der Waals surface area (Å²) in [5.41, 5.74) is 2.72. The van der Waals surface area contributed by atoms with Gasteiger partial charge in [0.1, 0.15) is 5.75 Å². The minimum absolute atomic E-state index is 0.0838. The van der Waals surface area contributed by atoms with E-state index in [0.29, 0.717) is 18.4 Å². The van der Waals surface area contributed by atoms with Crippen LogP contribution in [0.5, 0.6) is 5.75 Å². The maximum absolute atomic E-state index is 12.5. The van der Waals surface area contributed by atoms with Crippen molar-refractivity contribution in [1.29, 1.82) is 0 Å². The first kappa shape index (κ1) is 16.8. The van der Waals surface area contributed by atoms with E-state index in [1.165, 1.54) is 17.7 Å². The molecule has 0 amide bonds. The summed E-state index contributed by atoms with van der Waals surface area (Å²) >= 11 is 0. The van der Waals surface area contributed by atoms with Crippen LogP contribution in [0.2, 0.25) is 0 Å². The maximum Gasteiger partial charge on any atom is 0.387 e. The number of carbonyl (C=O) groups is 1. The quantitative estimate of drug-likeness (QED) is 0.604. The minimum Gasteiger partial charge on any atom is -0.434 e. The van der Waals surface area contributed by atoms with Gasteiger partial charge in [-0.2, -0.15) is 13.9 Å². The average Bonchev–Trinajstić information content (AvgIpc) is 3.09. The van der Waals surface area contributed by atoms with Crippen LogP contribution >= 0.6 is 0 Å². The van der Waals surface area contributed by atoms with Crippen LogP contribution in [0.25, 0.3) is 11.1 Å². The van der Waals surface area contributed by atoms with E-state index in [4.69, 9.17) is 0 Å². The summed E-state index contributed by atoms with van der Waals surface area (Å²) in [6.45, 7) is -2.28. The van der Waals surface area contributed by atoms with Gasteiger partial charge >= 0.3 is 6.61 Å². The third-order valence-corrected chi connectivity index (χ3v) is 3.80. The fourth-order valence-electron chi connectivity index (χ4n) is 2.53. The molecule has 1 heterocycles. The van der Waals surface area contributed by atoms with E-state index in [-0.39, 0.29) is 11.3 Å². The van der Waals surface area contributed by atoms with E-state index < -0.39 is 6.61 Å². The fourth-order valence-corrected chi connectivity index (χ4v) is 2.53. The standard InChI is InChI=1S/C19H16F2N2O2/c20-19(21)25-18-10-15(6-7-16(18)13-24)17-11-22-23(12-17)9-8-14-4-2-1-3-5-14/h1-7,10-13,19H,8-9H2. The molecule has 0 bridgehead atoms. The molecule has 1 aromatic heterocycles. The Morgan fingerprint density at radius 1 is 1.12 bits per heavy atom. The lowest BCUT2D eigenvalue weighted by molar-refractivity contribution is -0.0500. The lowest BCUT2D eigenvalue weighted by atomic mass is 10.1. The monoisotopic (exact) mass is 342 g/mol. The Kier molecular flexibility index (Phi) is 5.18. The second kappa shape index (κ2) is 7.70. The molecule has 128 valence electrons. The lowest BCUT2D eigenvalue weighted by Gasteiger charge is -2.08. The van der Waals surface area contributed by atoms with Crippen molar-refractivity contribution < 1.29 is 18.3 Å². The predicted octanol–water partition coefficient (Wildman–Crippen LogP) is 4.21. The Hall–Kier alpha value is -3.02. The largest absolute Gasteiger partial charge is 0.434 e. The van der Waals surface area contributed by atoms with Gasteiger partial charge in [-0.25, -0.2) is 0 Å². The van der Waals surface area contributed by atoms with Gasteiger partial charge in [0.05, 0.1) is 11.8 Å². The second-order valence-electron chi connectivity index (χ2n) is 5.48. The Morgan fingerprint density at radius 3 is 2.64 bits per heavy atom. The summed E-state index contributed by atoms with van der Waals surface area (Å²) in [5, 5.41) is 4.30. The molecule has 25 heavy (non-hydrogen) atoms. The molecule has 3 rings (SSSR count). The van der Waals surface area contributed by atoms with Gasteiger partial charge in [0, 0.05) is 18.3 Å². The van der Waals surface area contributed by atoms with E-state index in [9.17, 15) is 13.6 Å². The van der Waals surface area contributed by atoms with Crippen molar-refractivity contribution >= 4 is 6.29 Å². The number of aldehydes is 1. The van der Waals surface area contributed by atoms with Gasteiger partial charge in [-0.15, -0.1) is 0 Å². The number of nitrogens with zero attached hydrogens (tertiary/aromatic N) is 2. The number of ether oxygens (including phenoxy) is 1. The van der Waals surface area contributed by atoms with E-state index in [0.717, 1.165) is 12.0 Å². The predicted molar refractivity (Wildman–Crippen MR) is 89.8 cm³/mol. The number of aromatic nitrogens is 2. The van der Waals surface area contributed by atoms with Crippen LogP contribution in [0.1, 0.15) is 15.9 Å². The van der Waals surface area contributed by atoms with Gasteiger partial charge in [-0.05, 0) is 29.7 Å². The van der Waals surface area contributed by atoms with Gasteiger partial charge in [0.15, 0.2) is 6.29 Å². The highest BCUT2D eigenvalue weighted by Gasteiger charge is 2.12. The van der Waals surface area contributed by atoms with Gasteiger partial charge in [0.25, 0.3) is 0 Å². The lowest BCUT2D eigenvalue weighted by Crippen LogP contribution is -2.04. The Labute approximate surface area is 143 Å². The molecule has 0 fully saturated rings. The number of benzene rings is 2. The molecule has 0 aliphatic heterocycles. The van der Waals surface area contributed by atoms with Crippen LogP contribution in [0, 0.1) is 0 Å². The van der Waals surface area contributed by atoms with Crippen molar-refractivity contribution in [2.45, 2.75) is 19.6 Å². The number of hydrogen-bond donors (Lipinski definition) is 0. The van der Waals surface area contributed by atoms with Gasteiger partial charge in [-0.1, -0.05) is 36.4 Å². The zero-order valence-electron chi connectivity index (χ0n) is 13.3. The van der Waals surface area contributed by atoms with Crippen molar-refractivity contribution in [1.82, 2.24) is 9.78 Å². The number of hydrogen-bond acceptors (Lipinski definition) is 3. The number of alkyl halides is 2. The second-order valence-corrected chi connectivity index (χ2v) is 5.48. The van der Waals surface area contributed by atoms with Crippen LogP contribution in [0.4, 0.5) is 8.78 Å². The van der Waals surface area contributed by atoms with Crippen LogP contribution in [0.15, 0.2) is 60.9 Å². The van der Waals surface area contributed by atoms with Crippen molar-refractivity contribution in [3.05, 3.63) is 72.1 Å². The summed E-state index contributed by atoms with van der Waals surface area (Å²) < 4.78 is 31.2.